The minimum absolute atomic E-state index is 0.465. The molecule has 32 heavy (non-hydrogen) atoms. The largest absolute Gasteiger partial charge is 0.494 e. The number of thiazole rings is 1. The molecule has 0 amide bonds. The van der Waals surface area contributed by atoms with E-state index in [-0.39, 0.29) is 0 Å². The Morgan fingerprint density at radius 2 is 1.94 bits per heavy atom. The molecule has 0 aliphatic carbocycles. The fourth-order valence-electron chi connectivity index (χ4n) is 3.37. The number of fused-ring (bicyclic) bond motifs is 1. The molecule has 3 heterocycles. The van der Waals surface area contributed by atoms with E-state index in [0.29, 0.717) is 23.9 Å². The third kappa shape index (κ3) is 4.10. The van der Waals surface area contributed by atoms with Crippen LogP contribution in [0.3, 0.4) is 0 Å². The Hall–Kier alpha value is -3.98. The molecule has 0 atom stereocenters. The molecule has 2 aromatic carbocycles. The summed E-state index contributed by atoms with van der Waals surface area (Å²) in [6.07, 6.45) is 3.72. The first-order valence-corrected chi connectivity index (χ1v) is 10.9. The van der Waals surface area contributed by atoms with Crippen LogP contribution >= 0.6 is 11.3 Å². The number of benzene rings is 2. The number of aryl methyl sites for hydroxylation is 1. The Balaban J connectivity index is 1.42. The lowest BCUT2D eigenvalue weighted by Crippen LogP contribution is -2.05. The summed E-state index contributed by atoms with van der Waals surface area (Å²) < 4.78 is 8.46. The lowest BCUT2D eigenvalue weighted by molar-refractivity contribution is 0.413. The van der Waals surface area contributed by atoms with Gasteiger partial charge in [0.15, 0.2) is 11.5 Å². The van der Waals surface area contributed by atoms with E-state index in [4.69, 9.17) is 9.72 Å². The van der Waals surface area contributed by atoms with Crippen LogP contribution in [0.25, 0.3) is 16.0 Å². The van der Waals surface area contributed by atoms with Gasteiger partial charge in [0.05, 0.1) is 30.3 Å². The zero-order valence-electron chi connectivity index (χ0n) is 17.6. The van der Waals surface area contributed by atoms with Gasteiger partial charge in [-0.15, -0.1) is 11.3 Å². The first-order valence-electron chi connectivity index (χ1n) is 10.0. The van der Waals surface area contributed by atoms with E-state index in [1.807, 2.05) is 54.1 Å². The summed E-state index contributed by atoms with van der Waals surface area (Å²) in [5, 5.41) is 6.70. The predicted octanol–water partition coefficient (Wildman–Crippen LogP) is 4.94. The Kier molecular flexibility index (Phi) is 5.39. The van der Waals surface area contributed by atoms with Gasteiger partial charge < -0.3 is 19.9 Å². The molecule has 0 aliphatic rings. The molecule has 2 N–H and O–H groups in total. The van der Waals surface area contributed by atoms with E-state index in [0.717, 1.165) is 27.6 Å². The maximum absolute atomic E-state index is 5.60. The highest BCUT2D eigenvalue weighted by molar-refractivity contribution is 7.17. The quantitative estimate of drug-likeness (QED) is 0.368. The SMILES string of the molecule is COc1cc(Nc2nc(NCc3ccccc3)c3scnc3n2)ccc1-n1cnc(C)c1. The second-order valence-corrected chi connectivity index (χ2v) is 8.03. The minimum atomic E-state index is 0.465. The van der Waals surface area contributed by atoms with E-state index in [1.54, 1.807) is 18.9 Å². The van der Waals surface area contributed by atoms with Gasteiger partial charge in [0.2, 0.25) is 5.95 Å². The van der Waals surface area contributed by atoms with Crippen molar-refractivity contribution in [2.45, 2.75) is 13.5 Å². The number of imidazole rings is 1. The van der Waals surface area contributed by atoms with Crippen molar-refractivity contribution in [1.82, 2.24) is 24.5 Å². The normalized spacial score (nSPS) is 10.9. The number of hydrogen-bond donors (Lipinski definition) is 2. The Morgan fingerprint density at radius 1 is 1.06 bits per heavy atom. The summed E-state index contributed by atoms with van der Waals surface area (Å²) in [6, 6.07) is 16.0. The molecule has 5 aromatic rings. The third-order valence-corrected chi connectivity index (χ3v) is 5.74. The molecule has 5 rings (SSSR count). The van der Waals surface area contributed by atoms with E-state index in [9.17, 15) is 0 Å². The Labute approximate surface area is 189 Å². The van der Waals surface area contributed by atoms with Crippen LogP contribution in [-0.2, 0) is 6.54 Å². The van der Waals surface area contributed by atoms with Gasteiger partial charge in [-0.05, 0) is 24.6 Å². The Morgan fingerprint density at radius 3 is 2.72 bits per heavy atom. The van der Waals surface area contributed by atoms with Crippen LogP contribution in [0.2, 0.25) is 0 Å². The summed E-state index contributed by atoms with van der Waals surface area (Å²) >= 11 is 1.52. The van der Waals surface area contributed by atoms with E-state index in [1.165, 1.54) is 16.9 Å². The number of nitrogens with zero attached hydrogens (tertiary/aromatic N) is 5. The molecule has 0 fully saturated rings. The van der Waals surface area contributed by atoms with Gasteiger partial charge in [-0.25, -0.2) is 9.97 Å². The smallest absolute Gasteiger partial charge is 0.231 e. The standard InChI is InChI=1S/C23H21N7OS/c1-15-12-30(13-25-15)18-9-8-17(10-19(18)31-2)27-23-28-21(20-22(29-23)26-14-32-20)24-11-16-6-4-3-5-7-16/h3-10,12-14H,11H2,1-2H3,(H2,24,27,28,29). The number of ether oxygens (including phenoxy) is 1. The van der Waals surface area contributed by atoms with Crippen LogP contribution in [0, 0.1) is 6.92 Å². The van der Waals surface area contributed by atoms with Gasteiger partial charge in [-0.2, -0.15) is 9.97 Å². The van der Waals surface area contributed by atoms with Gasteiger partial charge in [-0.1, -0.05) is 30.3 Å². The van der Waals surface area contributed by atoms with Gasteiger partial charge in [-0.3, -0.25) is 0 Å². The molecule has 0 saturated carbocycles. The van der Waals surface area contributed by atoms with Crippen LogP contribution in [0.5, 0.6) is 5.75 Å². The highest BCUT2D eigenvalue weighted by Crippen LogP contribution is 2.30. The fourth-order valence-corrected chi connectivity index (χ4v) is 4.06. The van der Waals surface area contributed by atoms with Gasteiger partial charge in [0.1, 0.15) is 10.4 Å². The van der Waals surface area contributed by atoms with Crippen molar-refractivity contribution < 1.29 is 4.74 Å². The average molecular weight is 444 g/mol. The van der Waals surface area contributed by atoms with E-state index in [2.05, 4.69) is 37.7 Å². The average Bonchev–Trinajstić information content (AvgIpc) is 3.47. The first-order chi connectivity index (χ1) is 15.7. The number of methoxy groups -OCH3 is 1. The molecule has 0 saturated heterocycles. The van der Waals surface area contributed by atoms with Crippen LogP contribution < -0.4 is 15.4 Å². The van der Waals surface area contributed by atoms with Crippen molar-refractivity contribution in [3.8, 4) is 11.4 Å². The maximum atomic E-state index is 5.60. The Bertz CT molecular complexity index is 1360. The van der Waals surface area contributed by atoms with Crippen molar-refractivity contribution in [3.05, 3.63) is 77.8 Å². The number of nitrogens with one attached hydrogen (secondary N) is 2. The van der Waals surface area contributed by atoms with Gasteiger partial charge in [0.25, 0.3) is 0 Å². The predicted molar refractivity (Wildman–Crippen MR) is 127 cm³/mol. The number of hydrogen-bond acceptors (Lipinski definition) is 8. The molecule has 9 heteroatoms. The fraction of sp³-hybridized carbons (Fsp3) is 0.130. The first kappa shape index (κ1) is 20.0. The number of aromatic nitrogens is 5. The van der Waals surface area contributed by atoms with Crippen LogP contribution in [0.4, 0.5) is 17.5 Å². The van der Waals surface area contributed by atoms with Crippen LogP contribution in [0.15, 0.2) is 66.6 Å². The number of rotatable bonds is 7. The number of anilines is 3. The van der Waals surface area contributed by atoms with Crippen molar-refractivity contribution in [1.29, 1.82) is 0 Å². The summed E-state index contributed by atoms with van der Waals surface area (Å²) in [5.41, 5.74) is 6.26. The van der Waals surface area contributed by atoms with Crippen molar-refractivity contribution in [2.24, 2.45) is 0 Å². The van der Waals surface area contributed by atoms with Gasteiger partial charge >= 0.3 is 0 Å². The van der Waals surface area contributed by atoms with Crippen molar-refractivity contribution in [3.63, 3.8) is 0 Å². The molecule has 3 aromatic heterocycles. The summed E-state index contributed by atoms with van der Waals surface area (Å²) in [7, 11) is 1.65. The molecular weight excluding hydrogens is 422 g/mol. The van der Waals surface area contributed by atoms with Crippen molar-refractivity contribution in [2.75, 3.05) is 17.7 Å². The monoisotopic (exact) mass is 443 g/mol. The maximum Gasteiger partial charge on any atom is 0.231 e. The third-order valence-electron chi connectivity index (χ3n) is 4.92. The molecule has 0 bridgehead atoms. The summed E-state index contributed by atoms with van der Waals surface area (Å²) in [5.74, 6) is 1.93. The second-order valence-electron chi connectivity index (χ2n) is 7.17. The van der Waals surface area contributed by atoms with E-state index < -0.39 is 0 Å². The molecular formula is C23H21N7OS. The van der Waals surface area contributed by atoms with Gasteiger partial charge in [0, 0.05) is 24.5 Å². The highest BCUT2D eigenvalue weighted by atomic mass is 32.1. The summed E-state index contributed by atoms with van der Waals surface area (Å²) in [6.45, 7) is 2.62. The molecule has 0 spiro atoms. The molecule has 160 valence electrons. The lowest BCUT2D eigenvalue weighted by atomic mass is 10.2. The molecule has 0 aliphatic heterocycles. The van der Waals surface area contributed by atoms with Crippen LogP contribution in [0.1, 0.15) is 11.3 Å². The second kappa shape index (κ2) is 8.64. The topological polar surface area (TPSA) is 89.8 Å². The molecule has 8 nitrogen and oxygen atoms in total. The van der Waals surface area contributed by atoms with Crippen molar-refractivity contribution >= 4 is 39.1 Å². The molecule has 0 unspecified atom stereocenters. The van der Waals surface area contributed by atoms with E-state index >= 15 is 0 Å². The zero-order chi connectivity index (χ0) is 21.9. The molecule has 0 radical (unpaired) electrons. The lowest BCUT2D eigenvalue weighted by Gasteiger charge is -2.13. The summed E-state index contributed by atoms with van der Waals surface area (Å²) in [4.78, 5) is 17.9. The van der Waals surface area contributed by atoms with Crippen LogP contribution in [-0.4, -0.2) is 31.6 Å². The minimum Gasteiger partial charge on any atom is -0.494 e. The zero-order valence-corrected chi connectivity index (χ0v) is 18.4. The highest BCUT2D eigenvalue weighted by Gasteiger charge is 2.12.